The van der Waals surface area contributed by atoms with E-state index in [4.69, 9.17) is 0 Å². The van der Waals surface area contributed by atoms with Crippen molar-refractivity contribution < 1.29 is 14.7 Å². The largest absolute Gasteiger partial charge is 0.391 e. The monoisotopic (exact) mass is 199 g/mol. The summed E-state index contributed by atoms with van der Waals surface area (Å²) >= 11 is 0. The molecule has 1 aliphatic carbocycles. The maximum atomic E-state index is 11.3. The summed E-state index contributed by atoms with van der Waals surface area (Å²) in [5, 5.41) is 12.2. The molecule has 1 fully saturated rings. The predicted octanol–water partition coefficient (Wildman–Crippen LogP) is 0.385. The van der Waals surface area contributed by atoms with Crippen molar-refractivity contribution in [2.24, 2.45) is 0 Å². The normalized spacial score (nSPS) is 26.1. The molecule has 0 heterocycles. The molecule has 2 unspecified atom stereocenters. The van der Waals surface area contributed by atoms with Gasteiger partial charge in [-0.05, 0) is 26.2 Å². The molecule has 1 saturated carbocycles. The maximum Gasteiger partial charge on any atom is 0.220 e. The van der Waals surface area contributed by atoms with Crippen LogP contribution in [0, 0.1) is 0 Å². The molecule has 1 amide bonds. The van der Waals surface area contributed by atoms with E-state index in [-0.39, 0.29) is 30.6 Å². The highest BCUT2D eigenvalue weighted by molar-refractivity contribution is 5.83. The molecule has 2 N–H and O–H groups in total. The van der Waals surface area contributed by atoms with Crippen LogP contribution >= 0.6 is 0 Å². The molecule has 4 heteroatoms. The van der Waals surface area contributed by atoms with E-state index < -0.39 is 6.10 Å². The van der Waals surface area contributed by atoms with E-state index in [0.717, 1.165) is 19.3 Å². The van der Waals surface area contributed by atoms with Crippen molar-refractivity contribution in [3.05, 3.63) is 0 Å². The number of rotatable bonds is 4. The van der Waals surface area contributed by atoms with Gasteiger partial charge in [-0.1, -0.05) is 0 Å². The summed E-state index contributed by atoms with van der Waals surface area (Å²) in [6.07, 6.45) is 2.67. The number of hydrogen-bond acceptors (Lipinski definition) is 3. The van der Waals surface area contributed by atoms with E-state index in [1.54, 1.807) is 0 Å². The van der Waals surface area contributed by atoms with E-state index in [2.05, 4.69) is 5.32 Å². The fourth-order valence-corrected chi connectivity index (χ4v) is 1.68. The van der Waals surface area contributed by atoms with Crippen LogP contribution in [0.3, 0.4) is 0 Å². The zero-order valence-electron chi connectivity index (χ0n) is 8.45. The third-order valence-electron chi connectivity index (χ3n) is 2.53. The van der Waals surface area contributed by atoms with Gasteiger partial charge in [0.15, 0.2) is 0 Å². The molecule has 0 bridgehead atoms. The Morgan fingerprint density at radius 3 is 2.57 bits per heavy atom. The SMILES string of the molecule is CC(=O)CCC(=O)NC1CCCC1O. The van der Waals surface area contributed by atoms with Crippen molar-refractivity contribution in [2.75, 3.05) is 0 Å². The minimum Gasteiger partial charge on any atom is -0.391 e. The van der Waals surface area contributed by atoms with Gasteiger partial charge in [0.25, 0.3) is 0 Å². The number of aliphatic hydroxyl groups is 1. The average molecular weight is 199 g/mol. The van der Waals surface area contributed by atoms with Gasteiger partial charge in [-0.2, -0.15) is 0 Å². The summed E-state index contributed by atoms with van der Waals surface area (Å²) < 4.78 is 0. The quantitative estimate of drug-likeness (QED) is 0.688. The van der Waals surface area contributed by atoms with Crippen LogP contribution in [0.2, 0.25) is 0 Å². The Morgan fingerprint density at radius 1 is 1.36 bits per heavy atom. The zero-order chi connectivity index (χ0) is 10.6. The van der Waals surface area contributed by atoms with Crippen LogP contribution in [0.15, 0.2) is 0 Å². The Balaban J connectivity index is 2.22. The topological polar surface area (TPSA) is 66.4 Å². The van der Waals surface area contributed by atoms with E-state index >= 15 is 0 Å². The molecule has 0 spiro atoms. The van der Waals surface area contributed by atoms with Crippen molar-refractivity contribution in [3.8, 4) is 0 Å². The van der Waals surface area contributed by atoms with Crippen molar-refractivity contribution in [1.82, 2.24) is 5.32 Å². The van der Waals surface area contributed by atoms with Crippen LogP contribution in [0.1, 0.15) is 39.0 Å². The molecule has 0 aromatic heterocycles. The van der Waals surface area contributed by atoms with Gasteiger partial charge in [-0.25, -0.2) is 0 Å². The summed E-state index contributed by atoms with van der Waals surface area (Å²) in [6, 6.07) is -0.102. The molecule has 0 saturated heterocycles. The molecule has 80 valence electrons. The second-order valence-electron chi connectivity index (χ2n) is 3.87. The van der Waals surface area contributed by atoms with E-state index in [1.807, 2.05) is 0 Å². The van der Waals surface area contributed by atoms with Gasteiger partial charge in [0.1, 0.15) is 5.78 Å². The van der Waals surface area contributed by atoms with Crippen molar-refractivity contribution in [2.45, 2.75) is 51.2 Å². The number of ketones is 1. The Kier molecular flexibility index (Phi) is 4.07. The number of carbonyl (C=O) groups excluding carboxylic acids is 2. The molecule has 2 atom stereocenters. The summed E-state index contributed by atoms with van der Waals surface area (Å²) in [7, 11) is 0. The van der Waals surface area contributed by atoms with Crippen molar-refractivity contribution in [1.29, 1.82) is 0 Å². The fourth-order valence-electron chi connectivity index (χ4n) is 1.68. The van der Waals surface area contributed by atoms with Crippen LogP contribution in [-0.4, -0.2) is 28.9 Å². The Bertz CT molecular complexity index is 227. The average Bonchev–Trinajstić information content (AvgIpc) is 2.49. The first-order valence-electron chi connectivity index (χ1n) is 5.06. The number of Topliss-reactive ketones (excluding diaryl/α,β-unsaturated/α-hetero) is 1. The molecule has 0 aromatic rings. The predicted molar refractivity (Wildman–Crippen MR) is 51.7 cm³/mol. The molecule has 0 aromatic carbocycles. The second-order valence-corrected chi connectivity index (χ2v) is 3.87. The van der Waals surface area contributed by atoms with Gasteiger partial charge in [-0.15, -0.1) is 0 Å². The molecule has 0 radical (unpaired) electrons. The molecular formula is C10H17NO3. The lowest BCUT2D eigenvalue weighted by Crippen LogP contribution is -2.39. The zero-order valence-corrected chi connectivity index (χ0v) is 8.45. The fraction of sp³-hybridized carbons (Fsp3) is 0.800. The Hall–Kier alpha value is -0.900. The molecule has 14 heavy (non-hydrogen) atoms. The van der Waals surface area contributed by atoms with Crippen LogP contribution in [-0.2, 0) is 9.59 Å². The lowest BCUT2D eigenvalue weighted by atomic mass is 10.2. The number of amides is 1. The van der Waals surface area contributed by atoms with Crippen LogP contribution in [0.25, 0.3) is 0 Å². The van der Waals surface area contributed by atoms with Gasteiger partial charge in [0, 0.05) is 12.8 Å². The Morgan fingerprint density at radius 2 is 2.07 bits per heavy atom. The summed E-state index contributed by atoms with van der Waals surface area (Å²) in [6.45, 7) is 1.47. The number of aliphatic hydroxyl groups excluding tert-OH is 1. The summed E-state index contributed by atoms with van der Waals surface area (Å²) in [5.41, 5.74) is 0. The van der Waals surface area contributed by atoms with Crippen molar-refractivity contribution in [3.63, 3.8) is 0 Å². The summed E-state index contributed by atoms with van der Waals surface area (Å²) in [5.74, 6) is -0.113. The van der Waals surface area contributed by atoms with Crippen LogP contribution in [0.4, 0.5) is 0 Å². The number of carbonyl (C=O) groups is 2. The smallest absolute Gasteiger partial charge is 0.220 e. The van der Waals surface area contributed by atoms with E-state index in [1.165, 1.54) is 6.92 Å². The minimum atomic E-state index is -0.406. The minimum absolute atomic E-state index is 0.0205. The first-order valence-corrected chi connectivity index (χ1v) is 5.06. The van der Waals surface area contributed by atoms with E-state index in [9.17, 15) is 14.7 Å². The first-order chi connectivity index (χ1) is 6.59. The highest BCUT2D eigenvalue weighted by Crippen LogP contribution is 2.18. The highest BCUT2D eigenvalue weighted by atomic mass is 16.3. The van der Waals surface area contributed by atoms with Gasteiger partial charge < -0.3 is 15.2 Å². The number of nitrogens with one attached hydrogen (secondary N) is 1. The molecule has 1 aliphatic rings. The standard InChI is InChI=1S/C10H17NO3/c1-7(12)5-6-10(14)11-8-3-2-4-9(8)13/h8-9,13H,2-6H2,1H3,(H,11,14). The van der Waals surface area contributed by atoms with Gasteiger partial charge in [0.05, 0.1) is 12.1 Å². The van der Waals surface area contributed by atoms with Gasteiger partial charge in [-0.3, -0.25) is 4.79 Å². The maximum absolute atomic E-state index is 11.3. The van der Waals surface area contributed by atoms with Gasteiger partial charge >= 0.3 is 0 Å². The summed E-state index contributed by atoms with van der Waals surface area (Å²) in [4.78, 5) is 21.9. The molecule has 1 rings (SSSR count). The van der Waals surface area contributed by atoms with Crippen LogP contribution < -0.4 is 5.32 Å². The lowest BCUT2D eigenvalue weighted by molar-refractivity contribution is -0.125. The first kappa shape index (κ1) is 11.2. The molecule has 0 aliphatic heterocycles. The van der Waals surface area contributed by atoms with Crippen LogP contribution in [0.5, 0.6) is 0 Å². The second kappa shape index (κ2) is 5.10. The Labute approximate surface area is 83.7 Å². The molecule has 4 nitrogen and oxygen atoms in total. The third-order valence-corrected chi connectivity index (χ3v) is 2.53. The molecular weight excluding hydrogens is 182 g/mol. The van der Waals surface area contributed by atoms with Crippen molar-refractivity contribution >= 4 is 11.7 Å². The number of hydrogen-bond donors (Lipinski definition) is 2. The lowest BCUT2D eigenvalue weighted by Gasteiger charge is -2.15. The highest BCUT2D eigenvalue weighted by Gasteiger charge is 2.26. The third kappa shape index (κ3) is 3.46. The van der Waals surface area contributed by atoms with Gasteiger partial charge in [0.2, 0.25) is 5.91 Å². The van der Waals surface area contributed by atoms with E-state index in [0.29, 0.717) is 0 Å².